The summed E-state index contributed by atoms with van der Waals surface area (Å²) in [6.07, 6.45) is 2.12. The summed E-state index contributed by atoms with van der Waals surface area (Å²) < 4.78 is 5.28. The van der Waals surface area contributed by atoms with Gasteiger partial charge in [0.05, 0.1) is 19.6 Å². The van der Waals surface area contributed by atoms with Crippen LogP contribution in [-0.2, 0) is 16.0 Å². The first-order valence-corrected chi connectivity index (χ1v) is 9.24. The third kappa shape index (κ3) is 4.02. The van der Waals surface area contributed by atoms with Crippen LogP contribution in [0.4, 0.5) is 5.69 Å². The molecule has 1 aromatic carbocycles. The molecule has 0 saturated carbocycles. The number of carbonyl (C=O) groups excluding carboxylic acids is 2. The van der Waals surface area contributed by atoms with E-state index in [2.05, 4.69) is 5.32 Å². The van der Waals surface area contributed by atoms with Gasteiger partial charge in [0.1, 0.15) is 5.75 Å². The van der Waals surface area contributed by atoms with Gasteiger partial charge in [0.25, 0.3) is 0 Å². The Morgan fingerprint density at radius 2 is 2.20 bits per heavy atom. The van der Waals surface area contributed by atoms with Crippen molar-refractivity contribution in [3.05, 3.63) is 46.2 Å². The Kier molecular flexibility index (Phi) is 5.38. The molecule has 5 nitrogen and oxygen atoms in total. The largest absolute Gasteiger partial charge is 0.497 e. The number of thiophene rings is 1. The van der Waals surface area contributed by atoms with Gasteiger partial charge in [0.15, 0.2) is 0 Å². The molecule has 3 rings (SSSR count). The van der Waals surface area contributed by atoms with Crippen molar-refractivity contribution in [3.63, 3.8) is 0 Å². The number of nitrogens with zero attached hydrogens (tertiary/aromatic N) is 1. The zero-order chi connectivity index (χ0) is 17.8. The number of carbonyl (C=O) groups is 2. The fourth-order valence-electron chi connectivity index (χ4n) is 3.20. The quantitative estimate of drug-likeness (QED) is 0.892. The first-order valence-electron chi connectivity index (χ1n) is 8.36. The molecule has 6 heteroatoms. The number of hydrogen-bond acceptors (Lipinski definition) is 4. The Morgan fingerprint density at radius 1 is 1.36 bits per heavy atom. The van der Waals surface area contributed by atoms with E-state index in [4.69, 9.17) is 4.74 Å². The Hall–Kier alpha value is -2.34. The summed E-state index contributed by atoms with van der Waals surface area (Å²) in [4.78, 5) is 27.3. The third-order valence-electron chi connectivity index (χ3n) is 4.35. The summed E-state index contributed by atoms with van der Waals surface area (Å²) in [5.41, 5.74) is 2.08. The lowest BCUT2D eigenvalue weighted by molar-refractivity contribution is -0.121. The molecule has 1 aromatic heterocycles. The summed E-state index contributed by atoms with van der Waals surface area (Å²) in [6.45, 7) is 2.18. The first-order chi connectivity index (χ1) is 12.1. The predicted molar refractivity (Wildman–Crippen MR) is 99.2 cm³/mol. The minimum atomic E-state index is -0.284. The number of benzene rings is 1. The molecule has 0 bridgehead atoms. The maximum Gasteiger partial charge on any atom is 0.229 e. The van der Waals surface area contributed by atoms with E-state index in [1.165, 1.54) is 6.92 Å². The molecule has 0 saturated heterocycles. The molecular weight excluding hydrogens is 336 g/mol. The van der Waals surface area contributed by atoms with Crippen molar-refractivity contribution in [2.24, 2.45) is 0 Å². The van der Waals surface area contributed by atoms with E-state index >= 15 is 0 Å². The van der Waals surface area contributed by atoms with Crippen molar-refractivity contribution < 1.29 is 14.3 Å². The molecule has 25 heavy (non-hydrogen) atoms. The Labute approximate surface area is 151 Å². The standard InChI is InChI=1S/C19H22N2O3S/c1-13(22)20-16(18-6-4-10-25-18)12-19(23)21-9-3-5-14-11-15(24-2)7-8-17(14)21/h4,6-8,10-11,16H,3,5,9,12H2,1-2H3,(H,20,22)/t16-/m1/s1. The van der Waals surface area contributed by atoms with Crippen molar-refractivity contribution in [2.75, 3.05) is 18.6 Å². The van der Waals surface area contributed by atoms with E-state index in [1.807, 2.05) is 40.6 Å². The van der Waals surface area contributed by atoms with Gasteiger partial charge in [0, 0.05) is 24.0 Å². The van der Waals surface area contributed by atoms with Gasteiger partial charge in [-0.3, -0.25) is 9.59 Å². The zero-order valence-electron chi connectivity index (χ0n) is 14.5. The number of nitrogens with one attached hydrogen (secondary N) is 1. The molecule has 132 valence electrons. The molecule has 1 N–H and O–H groups in total. The second kappa shape index (κ2) is 7.70. The van der Waals surface area contributed by atoms with Crippen LogP contribution in [-0.4, -0.2) is 25.5 Å². The van der Waals surface area contributed by atoms with Gasteiger partial charge < -0.3 is 15.0 Å². The van der Waals surface area contributed by atoms with E-state index in [9.17, 15) is 9.59 Å². The maximum absolute atomic E-state index is 13.0. The predicted octanol–water partition coefficient (Wildman–Crippen LogP) is 3.30. The van der Waals surface area contributed by atoms with Crippen LogP contribution in [0.1, 0.15) is 36.2 Å². The topological polar surface area (TPSA) is 58.6 Å². The normalized spacial score (nSPS) is 14.6. The molecular formula is C19H22N2O3S. The Morgan fingerprint density at radius 3 is 2.88 bits per heavy atom. The highest BCUT2D eigenvalue weighted by atomic mass is 32.1. The van der Waals surface area contributed by atoms with Gasteiger partial charge in [-0.15, -0.1) is 11.3 Å². The molecule has 1 aliphatic heterocycles. The lowest BCUT2D eigenvalue weighted by Gasteiger charge is -2.31. The highest BCUT2D eigenvalue weighted by molar-refractivity contribution is 7.10. The van der Waals surface area contributed by atoms with E-state index < -0.39 is 0 Å². The zero-order valence-corrected chi connectivity index (χ0v) is 15.3. The van der Waals surface area contributed by atoms with Crippen LogP contribution in [0.25, 0.3) is 0 Å². The van der Waals surface area contributed by atoms with Gasteiger partial charge in [-0.2, -0.15) is 0 Å². The molecule has 1 atom stereocenters. The summed E-state index contributed by atoms with van der Waals surface area (Å²) >= 11 is 1.55. The van der Waals surface area contributed by atoms with Crippen molar-refractivity contribution in [1.82, 2.24) is 5.32 Å². The van der Waals surface area contributed by atoms with Crippen molar-refractivity contribution in [1.29, 1.82) is 0 Å². The monoisotopic (exact) mass is 358 g/mol. The van der Waals surface area contributed by atoms with Crippen LogP contribution in [0.2, 0.25) is 0 Å². The van der Waals surface area contributed by atoms with Gasteiger partial charge >= 0.3 is 0 Å². The minimum Gasteiger partial charge on any atom is -0.497 e. The lowest BCUT2D eigenvalue weighted by Crippen LogP contribution is -2.38. The first kappa shape index (κ1) is 17.5. The molecule has 2 heterocycles. The van der Waals surface area contributed by atoms with Crippen LogP contribution in [0.3, 0.4) is 0 Å². The van der Waals surface area contributed by atoms with Gasteiger partial charge in [-0.05, 0) is 48.1 Å². The van der Waals surface area contributed by atoms with E-state index in [1.54, 1.807) is 18.4 Å². The van der Waals surface area contributed by atoms with E-state index in [0.717, 1.165) is 34.7 Å². The number of anilines is 1. The second-order valence-corrected chi connectivity index (χ2v) is 7.10. The molecule has 0 spiro atoms. The average Bonchev–Trinajstić information content (AvgIpc) is 3.14. The van der Waals surface area contributed by atoms with Crippen LogP contribution in [0.15, 0.2) is 35.7 Å². The van der Waals surface area contributed by atoms with Gasteiger partial charge in [-0.25, -0.2) is 0 Å². The summed E-state index contributed by atoms with van der Waals surface area (Å²) in [6, 6.07) is 9.43. The SMILES string of the molecule is COc1ccc2c(c1)CCCN2C(=O)C[C@@H](NC(C)=O)c1cccs1. The molecule has 0 radical (unpaired) electrons. The van der Waals surface area contributed by atoms with E-state index in [-0.39, 0.29) is 24.3 Å². The van der Waals surface area contributed by atoms with Gasteiger partial charge in [0.2, 0.25) is 11.8 Å². The molecule has 2 aromatic rings. The fraction of sp³-hybridized carbons (Fsp3) is 0.368. The average molecular weight is 358 g/mol. The number of hydrogen-bond donors (Lipinski definition) is 1. The molecule has 0 unspecified atom stereocenters. The maximum atomic E-state index is 13.0. The summed E-state index contributed by atoms with van der Waals surface area (Å²) in [7, 11) is 1.65. The Balaban J connectivity index is 1.80. The summed E-state index contributed by atoms with van der Waals surface area (Å²) in [5.74, 6) is 0.705. The summed E-state index contributed by atoms with van der Waals surface area (Å²) in [5, 5.41) is 4.85. The number of fused-ring (bicyclic) bond motifs is 1. The third-order valence-corrected chi connectivity index (χ3v) is 5.34. The second-order valence-electron chi connectivity index (χ2n) is 6.12. The van der Waals surface area contributed by atoms with Crippen LogP contribution >= 0.6 is 11.3 Å². The number of ether oxygens (including phenoxy) is 1. The van der Waals surface area contributed by atoms with Gasteiger partial charge in [-0.1, -0.05) is 6.07 Å². The van der Waals surface area contributed by atoms with Crippen LogP contribution in [0.5, 0.6) is 5.75 Å². The number of methoxy groups -OCH3 is 1. The van der Waals surface area contributed by atoms with Crippen LogP contribution < -0.4 is 15.0 Å². The van der Waals surface area contributed by atoms with Crippen LogP contribution in [0, 0.1) is 0 Å². The lowest BCUT2D eigenvalue weighted by atomic mass is 10.00. The van der Waals surface area contributed by atoms with Crippen molar-refractivity contribution in [2.45, 2.75) is 32.2 Å². The number of rotatable bonds is 5. The van der Waals surface area contributed by atoms with Crippen molar-refractivity contribution in [3.8, 4) is 5.75 Å². The fourth-order valence-corrected chi connectivity index (χ4v) is 3.98. The molecule has 0 aliphatic carbocycles. The minimum absolute atomic E-state index is 0.0262. The smallest absolute Gasteiger partial charge is 0.229 e. The highest BCUT2D eigenvalue weighted by Gasteiger charge is 2.26. The number of aryl methyl sites for hydroxylation is 1. The molecule has 2 amide bonds. The van der Waals surface area contributed by atoms with Crippen molar-refractivity contribution >= 4 is 28.8 Å². The molecule has 1 aliphatic rings. The Bertz CT molecular complexity index is 758. The highest BCUT2D eigenvalue weighted by Crippen LogP contribution is 2.32. The van der Waals surface area contributed by atoms with E-state index in [0.29, 0.717) is 6.54 Å². The molecule has 0 fully saturated rings. The number of amides is 2.